The largest absolute Gasteiger partial charge is 0.313 e. The van der Waals surface area contributed by atoms with E-state index in [0.29, 0.717) is 0 Å². The van der Waals surface area contributed by atoms with E-state index in [1.807, 2.05) is 0 Å². The second-order valence-electron chi connectivity index (χ2n) is 4.08. The molecule has 82 valence electrons. The number of benzene rings is 1. The van der Waals surface area contributed by atoms with Gasteiger partial charge in [-0.2, -0.15) is 0 Å². The number of hydrogen-bond acceptors (Lipinski definition) is 1. The van der Waals surface area contributed by atoms with Gasteiger partial charge in [0.1, 0.15) is 0 Å². The van der Waals surface area contributed by atoms with Crippen molar-refractivity contribution in [1.29, 1.82) is 0 Å². The minimum absolute atomic E-state index is 0.980. The van der Waals surface area contributed by atoms with Gasteiger partial charge in [0.05, 0.1) is 0 Å². The summed E-state index contributed by atoms with van der Waals surface area (Å²) in [4.78, 5) is 0. The number of allylic oxidation sites excluding steroid dienone is 1. The lowest BCUT2D eigenvalue weighted by atomic mass is 10.1. The minimum atomic E-state index is 0.980. The second-order valence-corrected chi connectivity index (χ2v) is 4.08. The zero-order chi connectivity index (χ0) is 10.9. The van der Waals surface area contributed by atoms with Gasteiger partial charge in [-0.05, 0) is 38.3 Å². The Kier molecular flexibility index (Phi) is 5.79. The van der Waals surface area contributed by atoms with Gasteiger partial charge in [0.2, 0.25) is 0 Å². The average molecular weight is 203 g/mol. The van der Waals surface area contributed by atoms with Crippen LogP contribution < -0.4 is 5.32 Å². The maximum absolute atomic E-state index is 3.90. The second kappa shape index (κ2) is 7.24. The molecular formula is C14H21N. The van der Waals surface area contributed by atoms with Crippen molar-refractivity contribution in [1.82, 2.24) is 5.32 Å². The maximum atomic E-state index is 3.90. The molecule has 0 aliphatic heterocycles. The summed E-state index contributed by atoms with van der Waals surface area (Å²) >= 11 is 0. The number of nitrogens with one attached hydrogen (secondary N) is 1. The van der Waals surface area contributed by atoms with Crippen LogP contribution in [-0.2, 0) is 6.54 Å². The highest BCUT2D eigenvalue weighted by atomic mass is 14.8. The Morgan fingerprint density at radius 3 is 2.60 bits per heavy atom. The maximum Gasteiger partial charge on any atom is 0.0205 e. The molecule has 0 unspecified atom stereocenters. The van der Waals surface area contributed by atoms with Crippen molar-refractivity contribution in [3.05, 3.63) is 48.0 Å². The van der Waals surface area contributed by atoms with Crippen LogP contribution in [0.1, 0.15) is 31.7 Å². The first-order valence-electron chi connectivity index (χ1n) is 5.68. The number of unbranched alkanes of at least 4 members (excludes halogenated alkanes) is 1. The summed E-state index contributed by atoms with van der Waals surface area (Å²) in [5.41, 5.74) is 2.65. The fraction of sp³-hybridized carbons (Fsp3) is 0.429. The van der Waals surface area contributed by atoms with E-state index in [9.17, 15) is 0 Å². The lowest BCUT2D eigenvalue weighted by molar-refractivity contribution is 0.622. The van der Waals surface area contributed by atoms with Crippen LogP contribution in [-0.4, -0.2) is 6.54 Å². The van der Waals surface area contributed by atoms with Crippen LogP contribution >= 0.6 is 0 Å². The monoisotopic (exact) mass is 203 g/mol. The normalized spacial score (nSPS) is 10.2. The molecule has 15 heavy (non-hydrogen) atoms. The van der Waals surface area contributed by atoms with E-state index in [-0.39, 0.29) is 0 Å². The van der Waals surface area contributed by atoms with Gasteiger partial charge in [-0.3, -0.25) is 0 Å². The third kappa shape index (κ3) is 6.08. The molecule has 0 radical (unpaired) electrons. The Morgan fingerprint density at radius 2 is 1.93 bits per heavy atom. The molecule has 0 amide bonds. The van der Waals surface area contributed by atoms with Crippen molar-refractivity contribution in [2.24, 2.45) is 0 Å². The predicted molar refractivity (Wildman–Crippen MR) is 66.8 cm³/mol. The van der Waals surface area contributed by atoms with Crippen molar-refractivity contribution < 1.29 is 0 Å². The SMILES string of the molecule is C=C(C)CCCCNCc1ccccc1. The van der Waals surface area contributed by atoms with Gasteiger partial charge in [-0.25, -0.2) is 0 Å². The van der Waals surface area contributed by atoms with E-state index in [2.05, 4.69) is 49.2 Å². The average Bonchev–Trinajstić information content (AvgIpc) is 2.24. The molecule has 0 heterocycles. The van der Waals surface area contributed by atoms with Gasteiger partial charge < -0.3 is 5.32 Å². The van der Waals surface area contributed by atoms with Gasteiger partial charge in [-0.1, -0.05) is 35.9 Å². The van der Waals surface area contributed by atoms with Crippen molar-refractivity contribution in [2.75, 3.05) is 6.54 Å². The molecule has 0 aromatic heterocycles. The van der Waals surface area contributed by atoms with Gasteiger partial charge in [0.25, 0.3) is 0 Å². The standard InChI is InChI=1S/C14H21N/c1-13(2)8-6-7-11-15-12-14-9-4-3-5-10-14/h3-5,9-10,15H,1,6-8,11-12H2,2H3. The quantitative estimate of drug-likeness (QED) is 0.528. The fourth-order valence-electron chi connectivity index (χ4n) is 1.51. The Hall–Kier alpha value is -1.08. The Labute approximate surface area is 93.2 Å². The lowest BCUT2D eigenvalue weighted by Crippen LogP contribution is -2.14. The summed E-state index contributed by atoms with van der Waals surface area (Å²) < 4.78 is 0. The van der Waals surface area contributed by atoms with Gasteiger partial charge >= 0.3 is 0 Å². The van der Waals surface area contributed by atoms with E-state index in [1.54, 1.807) is 0 Å². The first-order chi connectivity index (χ1) is 7.29. The highest BCUT2D eigenvalue weighted by molar-refractivity contribution is 5.14. The van der Waals surface area contributed by atoms with Gasteiger partial charge in [0, 0.05) is 6.54 Å². The predicted octanol–water partition coefficient (Wildman–Crippen LogP) is 3.52. The minimum Gasteiger partial charge on any atom is -0.313 e. The summed E-state index contributed by atoms with van der Waals surface area (Å²) in [5, 5.41) is 3.45. The van der Waals surface area contributed by atoms with E-state index < -0.39 is 0 Å². The Morgan fingerprint density at radius 1 is 1.20 bits per heavy atom. The summed E-state index contributed by atoms with van der Waals surface area (Å²) in [6.07, 6.45) is 3.64. The van der Waals surface area contributed by atoms with Crippen LogP contribution in [0.4, 0.5) is 0 Å². The number of rotatable bonds is 7. The van der Waals surface area contributed by atoms with E-state index >= 15 is 0 Å². The van der Waals surface area contributed by atoms with Crippen molar-refractivity contribution in [3.63, 3.8) is 0 Å². The van der Waals surface area contributed by atoms with Crippen molar-refractivity contribution >= 4 is 0 Å². The highest BCUT2D eigenvalue weighted by Crippen LogP contribution is 2.03. The molecule has 0 fully saturated rings. The Balaban J connectivity index is 2.00. The molecule has 1 aromatic rings. The van der Waals surface area contributed by atoms with Crippen LogP contribution in [0.15, 0.2) is 42.5 Å². The number of hydrogen-bond donors (Lipinski definition) is 1. The molecule has 0 aliphatic rings. The molecule has 1 nitrogen and oxygen atoms in total. The van der Waals surface area contributed by atoms with E-state index in [0.717, 1.165) is 19.5 Å². The molecular weight excluding hydrogens is 182 g/mol. The van der Waals surface area contributed by atoms with E-state index in [1.165, 1.54) is 24.0 Å². The smallest absolute Gasteiger partial charge is 0.0205 e. The summed E-state index contributed by atoms with van der Waals surface area (Å²) in [6, 6.07) is 10.5. The van der Waals surface area contributed by atoms with Gasteiger partial charge in [0.15, 0.2) is 0 Å². The molecule has 0 saturated carbocycles. The lowest BCUT2D eigenvalue weighted by Gasteiger charge is -2.04. The molecule has 0 saturated heterocycles. The molecule has 1 rings (SSSR count). The zero-order valence-corrected chi connectivity index (χ0v) is 9.63. The van der Waals surface area contributed by atoms with Crippen LogP contribution in [0.25, 0.3) is 0 Å². The topological polar surface area (TPSA) is 12.0 Å². The third-order valence-electron chi connectivity index (χ3n) is 2.38. The summed E-state index contributed by atoms with van der Waals surface area (Å²) in [7, 11) is 0. The first kappa shape index (κ1) is 12.0. The molecule has 0 bridgehead atoms. The van der Waals surface area contributed by atoms with Crippen LogP contribution in [0, 0.1) is 0 Å². The van der Waals surface area contributed by atoms with Crippen molar-refractivity contribution in [3.8, 4) is 0 Å². The first-order valence-corrected chi connectivity index (χ1v) is 5.68. The highest BCUT2D eigenvalue weighted by Gasteiger charge is 1.91. The molecule has 1 N–H and O–H groups in total. The summed E-state index contributed by atoms with van der Waals surface area (Å²) in [6.45, 7) is 8.07. The summed E-state index contributed by atoms with van der Waals surface area (Å²) in [5.74, 6) is 0. The third-order valence-corrected chi connectivity index (χ3v) is 2.38. The fourth-order valence-corrected chi connectivity index (χ4v) is 1.51. The molecule has 0 aliphatic carbocycles. The van der Waals surface area contributed by atoms with Gasteiger partial charge in [-0.15, -0.1) is 6.58 Å². The van der Waals surface area contributed by atoms with Crippen LogP contribution in [0.2, 0.25) is 0 Å². The molecule has 1 heteroatoms. The van der Waals surface area contributed by atoms with E-state index in [4.69, 9.17) is 0 Å². The van der Waals surface area contributed by atoms with Crippen molar-refractivity contribution in [2.45, 2.75) is 32.7 Å². The molecule has 0 atom stereocenters. The molecule has 0 spiro atoms. The van der Waals surface area contributed by atoms with Crippen LogP contribution in [0.3, 0.4) is 0 Å². The van der Waals surface area contributed by atoms with Crippen LogP contribution in [0.5, 0.6) is 0 Å². The Bertz CT molecular complexity index is 277. The molecule has 1 aromatic carbocycles. The zero-order valence-electron chi connectivity index (χ0n) is 9.63.